The van der Waals surface area contributed by atoms with Gasteiger partial charge >= 0.3 is 0 Å². The van der Waals surface area contributed by atoms with Crippen molar-refractivity contribution in [1.82, 2.24) is 4.90 Å². The van der Waals surface area contributed by atoms with Crippen LogP contribution in [-0.4, -0.2) is 55.2 Å². The van der Waals surface area contributed by atoms with Crippen LogP contribution in [-0.2, 0) is 4.79 Å². The van der Waals surface area contributed by atoms with Crippen molar-refractivity contribution in [3.63, 3.8) is 0 Å². The van der Waals surface area contributed by atoms with Gasteiger partial charge in [0.2, 0.25) is 5.91 Å². The van der Waals surface area contributed by atoms with Crippen molar-refractivity contribution >= 4 is 23.2 Å². The molecule has 1 amide bonds. The standard InChI is InChI=1S/C26H22N2O5/c1-28(13-16-15-32-21-11-4-5-12-22(21)33-16)14-23(29)27-20-10-6-9-19-24(20)26(31)18-8-3-2-7-17(18)25(19)30/h2-12,16H,13-15H2,1H3,(H,27,29). The van der Waals surface area contributed by atoms with E-state index in [0.29, 0.717) is 47.0 Å². The van der Waals surface area contributed by atoms with Gasteiger partial charge in [-0.15, -0.1) is 0 Å². The van der Waals surface area contributed by atoms with Gasteiger partial charge in [-0.05, 0) is 25.2 Å². The highest BCUT2D eigenvalue weighted by atomic mass is 16.6. The largest absolute Gasteiger partial charge is 0.486 e. The molecule has 5 rings (SSSR count). The number of anilines is 1. The van der Waals surface area contributed by atoms with E-state index in [2.05, 4.69) is 5.32 Å². The lowest BCUT2D eigenvalue weighted by Gasteiger charge is -2.29. The van der Waals surface area contributed by atoms with E-state index in [-0.39, 0.29) is 35.7 Å². The number of carbonyl (C=O) groups is 3. The van der Waals surface area contributed by atoms with Crippen LogP contribution in [0.15, 0.2) is 66.7 Å². The fourth-order valence-electron chi connectivity index (χ4n) is 4.25. The Bertz CT molecular complexity index is 1270. The molecule has 0 aromatic heterocycles. The van der Waals surface area contributed by atoms with E-state index in [1.807, 2.05) is 36.2 Å². The third-order valence-electron chi connectivity index (χ3n) is 5.72. The first kappa shape index (κ1) is 20.9. The zero-order chi connectivity index (χ0) is 22.9. The SMILES string of the molecule is CN(CC(=O)Nc1cccc2c1C(=O)c1ccccc1C2=O)CC1COc2ccccc2O1. The summed E-state index contributed by atoms with van der Waals surface area (Å²) in [5.41, 5.74) is 1.61. The number of likely N-dealkylation sites (N-methyl/N-ethyl adjacent to an activating group) is 1. The van der Waals surface area contributed by atoms with Gasteiger partial charge in [0.1, 0.15) is 12.7 Å². The maximum Gasteiger partial charge on any atom is 0.238 e. The first-order chi connectivity index (χ1) is 16.0. The van der Waals surface area contributed by atoms with Gasteiger partial charge in [0.15, 0.2) is 23.1 Å². The van der Waals surface area contributed by atoms with E-state index in [4.69, 9.17) is 9.47 Å². The molecule has 1 aliphatic heterocycles. The molecule has 3 aromatic rings. The van der Waals surface area contributed by atoms with Crippen molar-refractivity contribution < 1.29 is 23.9 Å². The fraction of sp³-hybridized carbons (Fsp3) is 0.192. The van der Waals surface area contributed by atoms with Crippen molar-refractivity contribution in [1.29, 1.82) is 0 Å². The van der Waals surface area contributed by atoms with Crippen LogP contribution in [0.2, 0.25) is 0 Å². The summed E-state index contributed by atoms with van der Waals surface area (Å²) in [4.78, 5) is 40.6. The Morgan fingerprint density at radius 2 is 1.58 bits per heavy atom. The molecule has 1 aliphatic carbocycles. The number of fused-ring (bicyclic) bond motifs is 3. The van der Waals surface area contributed by atoms with Crippen molar-refractivity contribution in [2.45, 2.75) is 6.10 Å². The Labute approximate surface area is 190 Å². The summed E-state index contributed by atoms with van der Waals surface area (Å²) >= 11 is 0. The van der Waals surface area contributed by atoms with Crippen molar-refractivity contribution in [3.05, 3.63) is 89.0 Å². The topological polar surface area (TPSA) is 84.9 Å². The number of benzene rings is 3. The van der Waals surface area contributed by atoms with Crippen LogP contribution in [0.5, 0.6) is 11.5 Å². The van der Waals surface area contributed by atoms with E-state index >= 15 is 0 Å². The molecule has 0 radical (unpaired) electrons. The molecule has 1 atom stereocenters. The lowest BCUT2D eigenvalue weighted by Crippen LogP contribution is -2.42. The third-order valence-corrected chi connectivity index (χ3v) is 5.72. The number of hydrogen-bond acceptors (Lipinski definition) is 6. The number of para-hydroxylation sites is 2. The maximum absolute atomic E-state index is 13.1. The van der Waals surface area contributed by atoms with Crippen LogP contribution < -0.4 is 14.8 Å². The van der Waals surface area contributed by atoms with Gasteiger partial charge in [-0.25, -0.2) is 0 Å². The van der Waals surface area contributed by atoms with Crippen molar-refractivity contribution in [2.24, 2.45) is 0 Å². The highest BCUT2D eigenvalue weighted by molar-refractivity contribution is 6.30. The third kappa shape index (κ3) is 3.99. The van der Waals surface area contributed by atoms with Crippen LogP contribution >= 0.6 is 0 Å². The molecule has 0 fully saturated rings. The Morgan fingerprint density at radius 3 is 2.36 bits per heavy atom. The van der Waals surface area contributed by atoms with Crippen LogP contribution in [0.4, 0.5) is 5.69 Å². The molecule has 7 heteroatoms. The molecular formula is C26H22N2O5. The normalized spacial score (nSPS) is 16.2. The van der Waals surface area contributed by atoms with E-state index in [1.165, 1.54) is 0 Å². The summed E-state index contributed by atoms with van der Waals surface area (Å²) in [7, 11) is 1.81. The first-order valence-electron chi connectivity index (χ1n) is 10.7. The summed E-state index contributed by atoms with van der Waals surface area (Å²) < 4.78 is 11.7. The van der Waals surface area contributed by atoms with E-state index < -0.39 is 0 Å². The number of nitrogens with zero attached hydrogens (tertiary/aromatic N) is 1. The number of hydrogen-bond donors (Lipinski definition) is 1. The monoisotopic (exact) mass is 442 g/mol. The number of carbonyl (C=O) groups excluding carboxylic acids is 3. The molecular weight excluding hydrogens is 420 g/mol. The number of ketones is 2. The molecule has 2 aliphatic rings. The second-order valence-corrected chi connectivity index (χ2v) is 8.17. The quantitative estimate of drug-likeness (QED) is 0.511. The zero-order valence-corrected chi connectivity index (χ0v) is 18.0. The van der Waals surface area contributed by atoms with Gasteiger partial charge in [0.25, 0.3) is 0 Å². The van der Waals surface area contributed by atoms with Crippen molar-refractivity contribution in [3.8, 4) is 11.5 Å². The lowest BCUT2D eigenvalue weighted by atomic mass is 9.83. The molecule has 33 heavy (non-hydrogen) atoms. The minimum Gasteiger partial charge on any atom is -0.486 e. The Hall–Kier alpha value is -3.97. The van der Waals surface area contributed by atoms with Gasteiger partial charge in [-0.2, -0.15) is 0 Å². The Morgan fingerprint density at radius 1 is 0.909 bits per heavy atom. The lowest BCUT2D eigenvalue weighted by molar-refractivity contribution is -0.117. The van der Waals surface area contributed by atoms with E-state index in [1.54, 1.807) is 42.5 Å². The van der Waals surface area contributed by atoms with Gasteiger partial charge in [0.05, 0.1) is 17.8 Å². The highest BCUT2D eigenvalue weighted by Crippen LogP contribution is 2.32. The predicted molar refractivity (Wildman–Crippen MR) is 122 cm³/mol. The summed E-state index contributed by atoms with van der Waals surface area (Å²) in [6, 6.07) is 19.1. The molecule has 3 aromatic carbocycles. The van der Waals surface area contributed by atoms with Crippen LogP contribution in [0.1, 0.15) is 31.8 Å². The Balaban J connectivity index is 1.27. The van der Waals surface area contributed by atoms with E-state index in [0.717, 1.165) is 0 Å². The maximum atomic E-state index is 13.1. The predicted octanol–water partition coefficient (Wildman–Crippen LogP) is 3.17. The number of rotatable bonds is 5. The molecule has 0 saturated heterocycles. The smallest absolute Gasteiger partial charge is 0.238 e. The molecule has 166 valence electrons. The van der Waals surface area contributed by atoms with Gasteiger partial charge in [0, 0.05) is 23.2 Å². The number of nitrogens with one attached hydrogen (secondary N) is 1. The summed E-state index contributed by atoms with van der Waals surface area (Å²) in [5.74, 6) is 0.621. The molecule has 0 saturated carbocycles. The van der Waals surface area contributed by atoms with Gasteiger partial charge in [-0.1, -0.05) is 48.5 Å². The molecule has 7 nitrogen and oxygen atoms in total. The van der Waals surface area contributed by atoms with E-state index in [9.17, 15) is 14.4 Å². The van der Waals surface area contributed by atoms with Crippen molar-refractivity contribution in [2.75, 3.05) is 32.1 Å². The average molecular weight is 442 g/mol. The zero-order valence-electron chi connectivity index (χ0n) is 18.0. The molecule has 0 bridgehead atoms. The second kappa shape index (κ2) is 8.52. The molecule has 0 spiro atoms. The number of amides is 1. The second-order valence-electron chi connectivity index (χ2n) is 8.17. The van der Waals surface area contributed by atoms with Gasteiger partial charge in [-0.3, -0.25) is 19.3 Å². The summed E-state index contributed by atoms with van der Waals surface area (Å²) in [5, 5.41) is 2.81. The molecule has 1 unspecified atom stereocenters. The molecule has 1 heterocycles. The number of ether oxygens (including phenoxy) is 2. The minimum atomic E-state index is -0.290. The first-order valence-corrected chi connectivity index (χ1v) is 10.7. The van der Waals surface area contributed by atoms with Crippen LogP contribution in [0, 0.1) is 0 Å². The van der Waals surface area contributed by atoms with Gasteiger partial charge < -0.3 is 14.8 Å². The fourth-order valence-corrected chi connectivity index (χ4v) is 4.25. The van der Waals surface area contributed by atoms with Crippen LogP contribution in [0.3, 0.4) is 0 Å². The minimum absolute atomic E-state index is 0.0872. The highest BCUT2D eigenvalue weighted by Gasteiger charge is 2.32. The Kier molecular flexibility index (Phi) is 5.40. The summed E-state index contributed by atoms with van der Waals surface area (Å²) in [6.45, 7) is 0.967. The van der Waals surface area contributed by atoms with Crippen LogP contribution in [0.25, 0.3) is 0 Å². The molecule has 1 N–H and O–H groups in total. The average Bonchev–Trinajstić information content (AvgIpc) is 2.82. The summed E-state index contributed by atoms with van der Waals surface area (Å²) in [6.07, 6.45) is -0.210.